The molecule has 2 heterocycles. The van der Waals surface area contributed by atoms with Crippen LogP contribution in [-0.2, 0) is 16.4 Å². The summed E-state index contributed by atoms with van der Waals surface area (Å²) >= 11 is 0. The van der Waals surface area contributed by atoms with E-state index in [1.54, 1.807) is 0 Å². The van der Waals surface area contributed by atoms with Crippen LogP contribution >= 0.6 is 0 Å². The van der Waals surface area contributed by atoms with Crippen molar-refractivity contribution < 1.29 is 8.42 Å². The summed E-state index contributed by atoms with van der Waals surface area (Å²) in [4.78, 5) is 2.24. The third-order valence-electron chi connectivity index (χ3n) is 4.60. The first kappa shape index (κ1) is 17.2. The van der Waals surface area contributed by atoms with E-state index in [1.807, 2.05) is 23.0 Å². The molecule has 1 saturated heterocycles. The molecule has 1 aromatic heterocycles. The first-order valence-corrected chi connectivity index (χ1v) is 10.2. The maximum absolute atomic E-state index is 11.5. The third kappa shape index (κ3) is 4.45. The minimum absolute atomic E-state index is 0.326. The highest BCUT2D eigenvalue weighted by Gasteiger charge is 2.27. The number of hydrogen-bond donors (Lipinski definition) is 0. The predicted molar refractivity (Wildman–Crippen MR) is 96.0 cm³/mol. The molecule has 0 saturated carbocycles. The monoisotopic (exact) mass is 347 g/mol. The summed E-state index contributed by atoms with van der Waals surface area (Å²) < 4.78 is 24.9. The molecule has 6 heteroatoms. The number of nitrogens with zero attached hydrogens (tertiary/aromatic N) is 3. The van der Waals surface area contributed by atoms with E-state index < -0.39 is 9.84 Å². The van der Waals surface area contributed by atoms with E-state index in [2.05, 4.69) is 42.3 Å². The van der Waals surface area contributed by atoms with Gasteiger partial charge < -0.3 is 4.90 Å². The molecular formula is C18H25N3O2S. The number of aromatic nitrogens is 2. The lowest BCUT2D eigenvalue weighted by Crippen LogP contribution is -2.21. The SMILES string of the molecule is Cc1cccc(-n2cc(CN(C)CCC3CCS(=O)(=O)C3)cn2)c1. The average molecular weight is 347 g/mol. The van der Waals surface area contributed by atoms with E-state index >= 15 is 0 Å². The van der Waals surface area contributed by atoms with Crippen LogP contribution in [0.1, 0.15) is 24.0 Å². The number of benzene rings is 1. The zero-order chi connectivity index (χ0) is 17.2. The average Bonchev–Trinajstić information content (AvgIpc) is 3.11. The second kappa shape index (κ2) is 7.07. The molecule has 0 N–H and O–H groups in total. The van der Waals surface area contributed by atoms with Crippen LogP contribution in [0.25, 0.3) is 5.69 Å². The lowest BCUT2D eigenvalue weighted by atomic mass is 10.1. The number of aryl methyl sites for hydroxylation is 1. The van der Waals surface area contributed by atoms with Gasteiger partial charge in [0.05, 0.1) is 23.4 Å². The van der Waals surface area contributed by atoms with Crippen molar-refractivity contribution in [1.82, 2.24) is 14.7 Å². The molecule has 0 amide bonds. The van der Waals surface area contributed by atoms with Crippen molar-refractivity contribution in [3.63, 3.8) is 0 Å². The zero-order valence-corrected chi connectivity index (χ0v) is 15.2. The van der Waals surface area contributed by atoms with Gasteiger partial charge in [-0.25, -0.2) is 13.1 Å². The Balaban J connectivity index is 1.53. The Labute approximate surface area is 144 Å². The van der Waals surface area contributed by atoms with E-state index in [4.69, 9.17) is 0 Å². The van der Waals surface area contributed by atoms with Gasteiger partial charge in [-0.05, 0) is 57.0 Å². The highest BCUT2D eigenvalue weighted by Crippen LogP contribution is 2.22. The molecule has 5 nitrogen and oxygen atoms in total. The van der Waals surface area contributed by atoms with Crippen LogP contribution in [0.3, 0.4) is 0 Å². The van der Waals surface area contributed by atoms with Crippen molar-refractivity contribution in [2.45, 2.75) is 26.3 Å². The lowest BCUT2D eigenvalue weighted by Gasteiger charge is -2.17. The topological polar surface area (TPSA) is 55.2 Å². The fourth-order valence-corrected chi connectivity index (χ4v) is 5.16. The molecule has 0 bridgehead atoms. The molecule has 1 aliphatic rings. The molecule has 2 aromatic rings. The first-order chi connectivity index (χ1) is 11.4. The van der Waals surface area contributed by atoms with Gasteiger partial charge in [0.1, 0.15) is 0 Å². The van der Waals surface area contributed by atoms with E-state index in [1.165, 1.54) is 5.56 Å². The number of hydrogen-bond acceptors (Lipinski definition) is 4. The van der Waals surface area contributed by atoms with Crippen molar-refractivity contribution >= 4 is 9.84 Å². The van der Waals surface area contributed by atoms with Gasteiger partial charge in [-0.3, -0.25) is 0 Å². The highest BCUT2D eigenvalue weighted by molar-refractivity contribution is 7.91. The van der Waals surface area contributed by atoms with E-state index in [0.29, 0.717) is 17.4 Å². The molecule has 1 aliphatic heterocycles. The molecule has 3 rings (SSSR count). The van der Waals surface area contributed by atoms with Gasteiger partial charge in [-0.1, -0.05) is 12.1 Å². The number of sulfone groups is 1. The van der Waals surface area contributed by atoms with Crippen molar-refractivity contribution in [1.29, 1.82) is 0 Å². The molecule has 1 unspecified atom stereocenters. The quantitative estimate of drug-likeness (QED) is 0.805. The fraction of sp³-hybridized carbons (Fsp3) is 0.500. The van der Waals surface area contributed by atoms with Crippen molar-refractivity contribution in [2.75, 3.05) is 25.1 Å². The Morgan fingerprint density at radius 2 is 2.21 bits per heavy atom. The molecule has 0 spiro atoms. The Bertz CT molecular complexity index is 798. The highest BCUT2D eigenvalue weighted by atomic mass is 32.2. The minimum atomic E-state index is -2.76. The summed E-state index contributed by atoms with van der Waals surface area (Å²) in [6, 6.07) is 8.27. The predicted octanol–water partition coefficient (Wildman–Crippen LogP) is 2.44. The Kier molecular flexibility index (Phi) is 5.06. The molecule has 130 valence electrons. The van der Waals surface area contributed by atoms with Gasteiger partial charge in [0.25, 0.3) is 0 Å². The standard InChI is InChI=1S/C18H25N3O2S/c1-15-4-3-5-18(10-15)21-13-17(11-19-21)12-20(2)8-6-16-7-9-24(22,23)14-16/h3-5,10-11,13,16H,6-9,12,14H2,1-2H3. The summed E-state index contributed by atoms with van der Waals surface area (Å²) in [6.07, 6.45) is 5.73. The summed E-state index contributed by atoms with van der Waals surface area (Å²) in [5, 5.41) is 4.45. The molecule has 0 aliphatic carbocycles. The van der Waals surface area contributed by atoms with Gasteiger partial charge in [-0.15, -0.1) is 0 Å². The first-order valence-electron chi connectivity index (χ1n) is 8.41. The summed E-state index contributed by atoms with van der Waals surface area (Å²) in [5.74, 6) is 1.06. The molecule has 1 aromatic carbocycles. The Morgan fingerprint density at radius 1 is 1.38 bits per heavy atom. The maximum atomic E-state index is 11.5. The van der Waals surface area contributed by atoms with Crippen molar-refractivity contribution in [3.8, 4) is 5.69 Å². The second-order valence-electron chi connectivity index (χ2n) is 6.93. The van der Waals surface area contributed by atoms with Gasteiger partial charge in [0.2, 0.25) is 0 Å². The Hall–Kier alpha value is -1.66. The molecule has 1 atom stereocenters. The van der Waals surface area contributed by atoms with E-state index in [-0.39, 0.29) is 0 Å². The second-order valence-corrected chi connectivity index (χ2v) is 9.16. The van der Waals surface area contributed by atoms with Crippen LogP contribution in [-0.4, -0.2) is 48.2 Å². The molecule has 0 radical (unpaired) electrons. The summed E-state index contributed by atoms with van der Waals surface area (Å²) in [7, 11) is -0.688. The van der Waals surface area contributed by atoms with Crippen molar-refractivity contribution in [2.24, 2.45) is 5.92 Å². The summed E-state index contributed by atoms with van der Waals surface area (Å²) in [5.41, 5.74) is 3.45. The van der Waals surface area contributed by atoms with Gasteiger partial charge in [-0.2, -0.15) is 5.10 Å². The Morgan fingerprint density at radius 3 is 2.92 bits per heavy atom. The smallest absolute Gasteiger partial charge is 0.150 e. The maximum Gasteiger partial charge on any atom is 0.150 e. The van der Waals surface area contributed by atoms with E-state index in [0.717, 1.165) is 37.2 Å². The molecular weight excluding hydrogens is 322 g/mol. The van der Waals surface area contributed by atoms with E-state index in [9.17, 15) is 8.42 Å². The number of rotatable bonds is 6. The van der Waals surface area contributed by atoms with Crippen molar-refractivity contribution in [3.05, 3.63) is 47.8 Å². The zero-order valence-electron chi connectivity index (χ0n) is 14.4. The van der Waals surface area contributed by atoms with Gasteiger partial charge in [0, 0.05) is 18.3 Å². The van der Waals surface area contributed by atoms with Crippen LogP contribution in [0.4, 0.5) is 0 Å². The van der Waals surface area contributed by atoms with Gasteiger partial charge >= 0.3 is 0 Å². The van der Waals surface area contributed by atoms with Crippen LogP contribution in [0.15, 0.2) is 36.7 Å². The fourth-order valence-electron chi connectivity index (χ4n) is 3.25. The minimum Gasteiger partial charge on any atom is -0.302 e. The normalized spacial score (nSPS) is 19.9. The molecule has 1 fully saturated rings. The van der Waals surface area contributed by atoms with Crippen LogP contribution < -0.4 is 0 Å². The molecule has 24 heavy (non-hydrogen) atoms. The van der Waals surface area contributed by atoms with Crippen LogP contribution in [0.5, 0.6) is 0 Å². The summed E-state index contributed by atoms with van der Waals surface area (Å²) in [6.45, 7) is 3.81. The lowest BCUT2D eigenvalue weighted by molar-refractivity contribution is 0.300. The van der Waals surface area contributed by atoms with Crippen LogP contribution in [0, 0.1) is 12.8 Å². The van der Waals surface area contributed by atoms with Gasteiger partial charge in [0.15, 0.2) is 9.84 Å². The third-order valence-corrected chi connectivity index (χ3v) is 6.44. The van der Waals surface area contributed by atoms with Crippen LogP contribution in [0.2, 0.25) is 0 Å². The largest absolute Gasteiger partial charge is 0.302 e.